The summed E-state index contributed by atoms with van der Waals surface area (Å²) in [4.78, 5) is 0. The van der Waals surface area contributed by atoms with Crippen LogP contribution in [0.5, 0.6) is 0 Å². The van der Waals surface area contributed by atoms with E-state index in [2.05, 4.69) is 13.1 Å². The summed E-state index contributed by atoms with van der Waals surface area (Å²) >= 11 is 0. The van der Waals surface area contributed by atoms with Gasteiger partial charge in [-0.15, -0.1) is 24.8 Å². The molecule has 0 rings (SSSR count). The first-order valence-corrected chi connectivity index (χ1v) is 6.62. The zero-order chi connectivity index (χ0) is 10.9. The summed E-state index contributed by atoms with van der Waals surface area (Å²) in [5, 5.41) is 0. The van der Waals surface area contributed by atoms with Crippen molar-refractivity contribution in [3.05, 3.63) is 49.6 Å². The fraction of sp³-hybridized carbons (Fsp3) is 0.333. The van der Waals surface area contributed by atoms with E-state index in [0.29, 0.717) is 0 Å². The van der Waals surface area contributed by atoms with Crippen molar-refractivity contribution >= 4 is 34.3 Å². The first-order valence-electron chi connectivity index (χ1n) is 4.31. The summed E-state index contributed by atoms with van der Waals surface area (Å²) in [6.45, 7) is 18.1. The van der Waals surface area contributed by atoms with Gasteiger partial charge in [0.2, 0.25) is 0 Å². The predicted molar refractivity (Wildman–Crippen MR) is 80.7 cm³/mol. The van der Waals surface area contributed by atoms with Crippen LogP contribution in [-0.4, -0.2) is 9.52 Å². The van der Waals surface area contributed by atoms with E-state index in [1.807, 2.05) is 26.0 Å². The van der Waals surface area contributed by atoms with Gasteiger partial charge in [0.05, 0.1) is 0 Å². The van der Waals surface area contributed by atoms with Crippen LogP contribution in [0.25, 0.3) is 0 Å². The Balaban J connectivity index is -0.0000000220. The molecule has 16 heavy (non-hydrogen) atoms. The van der Waals surface area contributed by atoms with Crippen LogP contribution in [0.1, 0.15) is 13.8 Å². The van der Waals surface area contributed by atoms with Crippen LogP contribution in [0.3, 0.4) is 0 Å². The van der Waals surface area contributed by atoms with Crippen molar-refractivity contribution in [2.75, 3.05) is 0 Å². The molecule has 0 fully saturated rings. The Bertz CT molecular complexity index is 130. The van der Waals surface area contributed by atoms with Crippen LogP contribution < -0.4 is 0 Å². The van der Waals surface area contributed by atoms with Crippen LogP contribution in [0, 0.1) is 13.2 Å². The van der Waals surface area contributed by atoms with Crippen molar-refractivity contribution in [1.82, 2.24) is 0 Å². The van der Waals surface area contributed by atoms with Crippen molar-refractivity contribution in [3.8, 4) is 0 Å². The molecule has 0 atom stereocenters. The molecule has 0 saturated carbocycles. The third kappa shape index (κ3) is 127. The van der Waals surface area contributed by atoms with Crippen LogP contribution in [0.2, 0.25) is 13.1 Å². The molecule has 0 unspecified atom stereocenters. The van der Waals surface area contributed by atoms with Gasteiger partial charge in [0, 0.05) is 9.52 Å². The Kier molecular flexibility index (Phi) is 129. The molecule has 0 heterocycles. The molecule has 93 valence electrons. The normalized spacial score (nSPS) is 6.75. The van der Waals surface area contributed by atoms with Crippen molar-refractivity contribution in [1.29, 1.82) is 0 Å². The molecule has 0 nitrogen and oxygen atoms in total. The van der Waals surface area contributed by atoms with Crippen molar-refractivity contribution in [2.45, 2.75) is 26.9 Å². The SMILES string of the molecule is C[SiH]C.Cl.Cl.[CH-]=CC=CC.[CH-]=CC=CC.[Zr+2]. The smallest absolute Gasteiger partial charge is 0.293 e. The molecular weight excluding hydrogens is 334 g/mol. The molecule has 0 saturated heterocycles. The van der Waals surface area contributed by atoms with E-state index in [1.54, 1.807) is 12.2 Å². The van der Waals surface area contributed by atoms with Crippen LogP contribution in [0.4, 0.5) is 0 Å². The summed E-state index contributed by atoms with van der Waals surface area (Å²) in [7, 11) is 0.750. The summed E-state index contributed by atoms with van der Waals surface area (Å²) < 4.78 is 0. The number of hydrogen-bond acceptors (Lipinski definition) is 0. The summed E-state index contributed by atoms with van der Waals surface area (Å²) in [6, 6.07) is 0. The van der Waals surface area contributed by atoms with Gasteiger partial charge in [0.1, 0.15) is 0 Å². The van der Waals surface area contributed by atoms with Gasteiger partial charge in [-0.3, -0.25) is 13.2 Å². The van der Waals surface area contributed by atoms with Crippen LogP contribution in [0.15, 0.2) is 36.5 Å². The Labute approximate surface area is 136 Å². The maximum Gasteiger partial charge on any atom is 2.00 e. The van der Waals surface area contributed by atoms with Gasteiger partial charge in [0.15, 0.2) is 0 Å². The van der Waals surface area contributed by atoms with Gasteiger partial charge in [-0.25, -0.2) is 24.3 Å². The van der Waals surface area contributed by atoms with Gasteiger partial charge in [0.25, 0.3) is 0 Å². The van der Waals surface area contributed by atoms with Crippen molar-refractivity contribution in [2.24, 2.45) is 0 Å². The Morgan fingerprint density at radius 1 is 0.812 bits per heavy atom. The topological polar surface area (TPSA) is 0 Å². The van der Waals surface area contributed by atoms with E-state index in [0.717, 1.165) is 9.52 Å². The largest absolute Gasteiger partial charge is 2.00 e. The van der Waals surface area contributed by atoms with Crippen molar-refractivity contribution in [3.63, 3.8) is 0 Å². The molecule has 0 aromatic rings. The first kappa shape index (κ1) is 36.0. The third-order valence-corrected chi connectivity index (χ3v) is 0.607. The average Bonchev–Trinajstić information content (AvgIpc) is 2.09. The molecule has 0 amide bonds. The molecule has 4 heteroatoms. The van der Waals surface area contributed by atoms with Gasteiger partial charge < -0.3 is 0 Å². The van der Waals surface area contributed by atoms with E-state index in [1.165, 1.54) is 12.2 Å². The zero-order valence-corrected chi connectivity index (χ0v) is 15.8. The zero-order valence-electron chi connectivity index (χ0n) is 10.5. The van der Waals surface area contributed by atoms with Gasteiger partial charge >= 0.3 is 26.2 Å². The maximum absolute atomic E-state index is 4.93. The number of hydrogen-bond donors (Lipinski definition) is 0. The standard InChI is InChI=1S/2C5H7.C2H7Si.2ClH.Zr/c2*1-3-5-4-2;1-3-2;;;/h2*1,3-5H,2H3;3H,1-2H3;2*1H;/q2*-1;;;;+2. The molecule has 0 aliphatic heterocycles. The minimum absolute atomic E-state index is 0. The van der Waals surface area contributed by atoms with E-state index >= 15 is 0 Å². The van der Waals surface area contributed by atoms with Gasteiger partial charge in [-0.1, -0.05) is 26.9 Å². The second-order valence-electron chi connectivity index (χ2n) is 2.01. The summed E-state index contributed by atoms with van der Waals surface area (Å²) in [6.07, 6.45) is 10.3. The van der Waals surface area contributed by atoms with E-state index < -0.39 is 0 Å². The quantitative estimate of drug-likeness (QED) is 0.389. The average molecular weight is 358 g/mol. The fourth-order valence-corrected chi connectivity index (χ4v) is 0.222. The predicted octanol–water partition coefficient (Wildman–Crippen LogP) is 4.46. The second kappa shape index (κ2) is 57.4. The molecule has 0 aliphatic carbocycles. The molecule has 1 radical (unpaired) electrons. The maximum atomic E-state index is 4.93. The van der Waals surface area contributed by atoms with E-state index in [4.69, 9.17) is 13.2 Å². The van der Waals surface area contributed by atoms with Crippen LogP contribution in [-0.2, 0) is 26.2 Å². The van der Waals surface area contributed by atoms with E-state index in [-0.39, 0.29) is 51.0 Å². The molecule has 0 spiro atoms. The molecular formula is C12H23Cl2SiZr. The summed E-state index contributed by atoms with van der Waals surface area (Å²) in [5.74, 6) is 0. The third-order valence-electron chi connectivity index (χ3n) is 0.607. The van der Waals surface area contributed by atoms with Gasteiger partial charge in [-0.05, 0) is 0 Å². The minimum atomic E-state index is 0. The van der Waals surface area contributed by atoms with Crippen molar-refractivity contribution < 1.29 is 26.2 Å². The second-order valence-corrected chi connectivity index (χ2v) is 3.17. The first-order chi connectivity index (χ1) is 6.24. The van der Waals surface area contributed by atoms with E-state index in [9.17, 15) is 0 Å². The molecule has 0 N–H and O–H groups in total. The number of halogens is 2. The molecule has 0 aromatic carbocycles. The Morgan fingerprint density at radius 3 is 1.00 bits per heavy atom. The minimum Gasteiger partial charge on any atom is -0.293 e. The number of allylic oxidation sites excluding steroid dienone is 6. The fourth-order valence-electron chi connectivity index (χ4n) is 0.222. The number of rotatable bonds is 2. The molecule has 0 bridgehead atoms. The summed E-state index contributed by atoms with van der Waals surface area (Å²) in [5.41, 5.74) is 0. The monoisotopic (exact) mass is 355 g/mol. The molecule has 0 aromatic heterocycles. The molecule has 0 aliphatic rings. The van der Waals surface area contributed by atoms with Gasteiger partial charge in [-0.2, -0.15) is 12.2 Å². The van der Waals surface area contributed by atoms with Crippen LogP contribution >= 0.6 is 24.8 Å². The Hall–Kier alpha value is 0.640. The Morgan fingerprint density at radius 2 is 1.00 bits per heavy atom.